The summed E-state index contributed by atoms with van der Waals surface area (Å²) >= 11 is 11.4. The number of hydrogen-bond acceptors (Lipinski definition) is 1. The van der Waals surface area contributed by atoms with Gasteiger partial charge in [-0.3, -0.25) is 0 Å². The Bertz CT molecular complexity index is 653. The second-order valence-corrected chi connectivity index (χ2v) is 6.74. The largest absolute Gasteiger partial charge is 0.356 e. The first kappa shape index (κ1) is 17.8. The molecule has 4 heteroatoms. The van der Waals surface area contributed by atoms with Gasteiger partial charge in [0.25, 0.3) is 0 Å². The lowest BCUT2D eigenvalue weighted by atomic mass is 9.98. The number of halogens is 1. The predicted octanol–water partition coefficient (Wildman–Crippen LogP) is 5.90. The van der Waals surface area contributed by atoms with Gasteiger partial charge in [0, 0.05) is 10.7 Å². The van der Waals surface area contributed by atoms with Crippen molar-refractivity contribution in [3.8, 4) is 0 Å². The van der Waals surface area contributed by atoms with Gasteiger partial charge in [0.15, 0.2) is 5.11 Å². The van der Waals surface area contributed by atoms with E-state index in [1.165, 1.54) is 11.1 Å². The first-order valence-electron chi connectivity index (χ1n) is 7.92. The first-order chi connectivity index (χ1) is 11.0. The summed E-state index contributed by atoms with van der Waals surface area (Å²) in [5.74, 6) is 0.544. The normalized spacial score (nSPS) is 12.0. The summed E-state index contributed by atoms with van der Waals surface area (Å²) in [4.78, 5) is 0. The van der Waals surface area contributed by atoms with Crippen LogP contribution in [-0.4, -0.2) is 5.11 Å². The zero-order chi connectivity index (χ0) is 16.8. The highest BCUT2D eigenvalue weighted by Gasteiger charge is 2.11. The Labute approximate surface area is 149 Å². The quantitative estimate of drug-likeness (QED) is 0.659. The lowest BCUT2D eigenvalue weighted by Crippen LogP contribution is -2.32. The molecular weight excluding hydrogens is 324 g/mol. The SMILES string of the molecule is CCC(NC(=S)Nc1cccc(Cl)c1)c1ccc(C(C)C)cc1. The number of benzene rings is 2. The number of hydrogen-bond donors (Lipinski definition) is 2. The Balaban J connectivity index is 2.02. The van der Waals surface area contributed by atoms with Crippen molar-refractivity contribution in [2.45, 2.75) is 39.2 Å². The number of nitrogens with one attached hydrogen (secondary N) is 2. The molecule has 0 aliphatic rings. The highest BCUT2D eigenvalue weighted by atomic mass is 35.5. The molecule has 0 amide bonds. The van der Waals surface area contributed by atoms with Crippen LogP contribution in [-0.2, 0) is 0 Å². The molecule has 0 aromatic heterocycles. The van der Waals surface area contributed by atoms with Gasteiger partial charge in [-0.15, -0.1) is 0 Å². The minimum atomic E-state index is 0.190. The minimum absolute atomic E-state index is 0.190. The number of thiocarbonyl (C=S) groups is 1. The minimum Gasteiger partial charge on any atom is -0.356 e. The molecule has 2 rings (SSSR count). The molecule has 0 aliphatic carbocycles. The summed E-state index contributed by atoms with van der Waals surface area (Å²) in [7, 11) is 0. The number of anilines is 1. The van der Waals surface area contributed by atoms with E-state index in [0.717, 1.165) is 12.1 Å². The fraction of sp³-hybridized carbons (Fsp3) is 0.316. The molecule has 0 bridgehead atoms. The Hall–Kier alpha value is -1.58. The van der Waals surface area contributed by atoms with E-state index >= 15 is 0 Å². The van der Waals surface area contributed by atoms with E-state index in [2.05, 4.69) is 55.7 Å². The molecule has 2 aromatic rings. The summed E-state index contributed by atoms with van der Waals surface area (Å²) < 4.78 is 0. The molecule has 0 heterocycles. The maximum absolute atomic E-state index is 5.99. The summed E-state index contributed by atoms with van der Waals surface area (Å²) in [6.07, 6.45) is 0.957. The van der Waals surface area contributed by atoms with Gasteiger partial charge in [-0.2, -0.15) is 0 Å². The average molecular weight is 347 g/mol. The Morgan fingerprint density at radius 3 is 2.30 bits per heavy atom. The fourth-order valence-corrected chi connectivity index (χ4v) is 2.88. The highest BCUT2D eigenvalue weighted by Crippen LogP contribution is 2.21. The van der Waals surface area contributed by atoms with Gasteiger partial charge in [-0.05, 0) is 53.9 Å². The average Bonchev–Trinajstić information content (AvgIpc) is 2.52. The number of rotatable bonds is 5. The molecule has 1 unspecified atom stereocenters. The van der Waals surface area contributed by atoms with Crippen molar-refractivity contribution in [3.63, 3.8) is 0 Å². The molecule has 0 saturated heterocycles. The van der Waals surface area contributed by atoms with Gasteiger partial charge in [-0.1, -0.05) is 62.7 Å². The third kappa shape index (κ3) is 5.22. The smallest absolute Gasteiger partial charge is 0.171 e. The maximum Gasteiger partial charge on any atom is 0.171 e. The summed E-state index contributed by atoms with van der Waals surface area (Å²) in [5, 5.41) is 7.85. The molecule has 0 fully saturated rings. The van der Waals surface area contributed by atoms with Crippen molar-refractivity contribution in [2.24, 2.45) is 0 Å². The monoisotopic (exact) mass is 346 g/mol. The van der Waals surface area contributed by atoms with Gasteiger partial charge in [0.05, 0.1) is 6.04 Å². The standard InChI is InChI=1S/C19H23ClN2S/c1-4-18(15-10-8-14(9-11-15)13(2)3)22-19(23)21-17-7-5-6-16(20)12-17/h5-13,18H,4H2,1-3H3,(H2,21,22,23). The van der Waals surface area contributed by atoms with Gasteiger partial charge < -0.3 is 10.6 Å². The van der Waals surface area contributed by atoms with E-state index < -0.39 is 0 Å². The lowest BCUT2D eigenvalue weighted by Gasteiger charge is -2.20. The molecule has 0 spiro atoms. The summed E-state index contributed by atoms with van der Waals surface area (Å²) in [5.41, 5.74) is 3.48. The zero-order valence-electron chi connectivity index (χ0n) is 13.8. The fourth-order valence-electron chi connectivity index (χ4n) is 2.43. The highest BCUT2D eigenvalue weighted by molar-refractivity contribution is 7.80. The lowest BCUT2D eigenvalue weighted by molar-refractivity contribution is 0.628. The molecule has 2 nitrogen and oxygen atoms in total. The van der Waals surface area contributed by atoms with Crippen LogP contribution >= 0.6 is 23.8 Å². The van der Waals surface area contributed by atoms with Crippen LogP contribution in [0.5, 0.6) is 0 Å². The van der Waals surface area contributed by atoms with Crippen LogP contribution in [0.1, 0.15) is 50.3 Å². The van der Waals surface area contributed by atoms with Crippen molar-refractivity contribution in [1.82, 2.24) is 5.32 Å². The van der Waals surface area contributed by atoms with Gasteiger partial charge >= 0.3 is 0 Å². The summed E-state index contributed by atoms with van der Waals surface area (Å²) in [6.45, 7) is 6.55. The van der Waals surface area contributed by atoms with Crippen LogP contribution in [0, 0.1) is 0 Å². The predicted molar refractivity (Wildman–Crippen MR) is 104 cm³/mol. The Morgan fingerprint density at radius 2 is 1.74 bits per heavy atom. The second-order valence-electron chi connectivity index (χ2n) is 5.89. The van der Waals surface area contributed by atoms with Gasteiger partial charge in [0.2, 0.25) is 0 Å². The third-order valence-corrected chi connectivity index (χ3v) is 4.26. The molecule has 0 saturated carbocycles. The van der Waals surface area contributed by atoms with Crippen LogP contribution in [0.25, 0.3) is 0 Å². The Morgan fingerprint density at radius 1 is 1.09 bits per heavy atom. The van der Waals surface area contributed by atoms with Gasteiger partial charge in [0.1, 0.15) is 0 Å². The van der Waals surface area contributed by atoms with Crippen LogP contribution in [0.3, 0.4) is 0 Å². The van der Waals surface area contributed by atoms with Crippen LogP contribution < -0.4 is 10.6 Å². The first-order valence-corrected chi connectivity index (χ1v) is 8.71. The zero-order valence-corrected chi connectivity index (χ0v) is 15.3. The Kier molecular flexibility index (Phi) is 6.43. The van der Waals surface area contributed by atoms with E-state index in [0.29, 0.717) is 16.1 Å². The molecule has 2 N–H and O–H groups in total. The summed E-state index contributed by atoms with van der Waals surface area (Å²) in [6, 6.07) is 16.5. The molecule has 0 aliphatic heterocycles. The molecule has 1 atom stereocenters. The van der Waals surface area contributed by atoms with E-state index in [-0.39, 0.29) is 6.04 Å². The van der Waals surface area contributed by atoms with E-state index in [9.17, 15) is 0 Å². The van der Waals surface area contributed by atoms with Crippen molar-refractivity contribution >= 4 is 34.6 Å². The molecule has 122 valence electrons. The molecule has 23 heavy (non-hydrogen) atoms. The van der Waals surface area contributed by atoms with Crippen LogP contribution in [0.4, 0.5) is 5.69 Å². The topological polar surface area (TPSA) is 24.1 Å². The molecular formula is C19H23ClN2S. The van der Waals surface area contributed by atoms with E-state index in [1.807, 2.05) is 24.3 Å². The van der Waals surface area contributed by atoms with Crippen molar-refractivity contribution in [3.05, 3.63) is 64.7 Å². The third-order valence-electron chi connectivity index (χ3n) is 3.80. The van der Waals surface area contributed by atoms with Gasteiger partial charge in [-0.25, -0.2) is 0 Å². The van der Waals surface area contributed by atoms with E-state index in [4.69, 9.17) is 23.8 Å². The van der Waals surface area contributed by atoms with Crippen molar-refractivity contribution in [2.75, 3.05) is 5.32 Å². The maximum atomic E-state index is 5.99. The molecule has 2 aromatic carbocycles. The van der Waals surface area contributed by atoms with Crippen LogP contribution in [0.15, 0.2) is 48.5 Å². The van der Waals surface area contributed by atoms with Crippen LogP contribution in [0.2, 0.25) is 5.02 Å². The van der Waals surface area contributed by atoms with E-state index in [1.54, 1.807) is 0 Å². The van der Waals surface area contributed by atoms with Crippen molar-refractivity contribution in [1.29, 1.82) is 0 Å². The second kappa shape index (κ2) is 8.32. The molecule has 0 radical (unpaired) electrons. The van der Waals surface area contributed by atoms with Crippen molar-refractivity contribution < 1.29 is 0 Å².